The van der Waals surface area contributed by atoms with Crippen LogP contribution in [-0.2, 0) is 22.6 Å². The monoisotopic (exact) mass is 436 g/mol. The summed E-state index contributed by atoms with van der Waals surface area (Å²) in [6.45, 7) is 4.38. The molecule has 0 radical (unpaired) electrons. The molecule has 2 aromatic carbocycles. The number of carbonyl (C=O) groups excluding carboxylic acids is 2. The lowest BCUT2D eigenvalue weighted by Crippen LogP contribution is -2.51. The molecule has 1 aliphatic rings. The Morgan fingerprint density at radius 2 is 1.78 bits per heavy atom. The van der Waals surface area contributed by atoms with Gasteiger partial charge in [0.15, 0.2) is 0 Å². The van der Waals surface area contributed by atoms with Gasteiger partial charge < -0.3 is 15.0 Å². The molecule has 5 nitrogen and oxygen atoms in total. The van der Waals surface area contributed by atoms with Crippen molar-refractivity contribution in [1.82, 2.24) is 10.2 Å². The number of carbonyl (C=O) groups is 2. The molecule has 1 fully saturated rings. The second-order valence-corrected chi connectivity index (χ2v) is 8.80. The molecule has 2 aromatic rings. The summed E-state index contributed by atoms with van der Waals surface area (Å²) in [7, 11) is 1.63. The average Bonchev–Trinajstić information content (AvgIpc) is 2.81. The third-order valence-corrected chi connectivity index (χ3v) is 6.30. The number of hydrogen-bond donors (Lipinski definition) is 1. The van der Waals surface area contributed by atoms with Crippen molar-refractivity contribution in [3.8, 4) is 5.75 Å². The number of nitrogens with zero attached hydrogens (tertiary/aromatic N) is 1. The van der Waals surface area contributed by atoms with E-state index in [9.17, 15) is 9.59 Å². The van der Waals surface area contributed by atoms with Crippen LogP contribution in [0.5, 0.6) is 5.75 Å². The maximum absolute atomic E-state index is 13.5. The number of ether oxygens (including phenoxy) is 1. The molecule has 0 aliphatic heterocycles. The molecule has 32 heavy (non-hydrogen) atoms. The van der Waals surface area contributed by atoms with E-state index in [-0.39, 0.29) is 24.3 Å². The zero-order chi connectivity index (χ0) is 22.9. The van der Waals surface area contributed by atoms with E-state index in [0.29, 0.717) is 13.0 Å². The first kappa shape index (κ1) is 23.8. The SMILES string of the molecule is CC[C@H](C(=O)NC1CCCCC1)N(Cc1cccc(OC)c1)C(=O)Cc1ccc(C)cc1. The van der Waals surface area contributed by atoms with Gasteiger partial charge >= 0.3 is 0 Å². The van der Waals surface area contributed by atoms with Crippen LogP contribution < -0.4 is 10.1 Å². The molecule has 0 unspecified atom stereocenters. The van der Waals surface area contributed by atoms with Crippen LogP contribution in [-0.4, -0.2) is 35.9 Å². The number of rotatable bonds is 9. The Labute approximate surface area is 192 Å². The van der Waals surface area contributed by atoms with Gasteiger partial charge in [-0.05, 0) is 49.4 Å². The Balaban J connectivity index is 1.81. The highest BCUT2D eigenvalue weighted by Gasteiger charge is 2.30. The van der Waals surface area contributed by atoms with E-state index in [1.807, 2.05) is 62.4 Å². The fraction of sp³-hybridized carbons (Fsp3) is 0.481. The smallest absolute Gasteiger partial charge is 0.243 e. The van der Waals surface area contributed by atoms with Gasteiger partial charge in [-0.15, -0.1) is 0 Å². The van der Waals surface area contributed by atoms with Crippen molar-refractivity contribution in [2.24, 2.45) is 0 Å². The van der Waals surface area contributed by atoms with Gasteiger partial charge in [-0.3, -0.25) is 9.59 Å². The molecule has 0 bridgehead atoms. The van der Waals surface area contributed by atoms with Crippen molar-refractivity contribution in [2.45, 2.75) is 77.4 Å². The molecule has 1 aliphatic carbocycles. The molecule has 1 atom stereocenters. The number of nitrogens with one attached hydrogen (secondary N) is 1. The molecule has 1 N–H and O–H groups in total. The molecule has 0 spiro atoms. The predicted octanol–water partition coefficient (Wildman–Crippen LogP) is 4.80. The summed E-state index contributed by atoms with van der Waals surface area (Å²) in [4.78, 5) is 28.5. The number of aryl methyl sites for hydroxylation is 1. The standard InChI is InChI=1S/C27H36N2O3/c1-4-25(27(31)28-23-10-6-5-7-11-23)29(19-22-9-8-12-24(17-22)32-3)26(30)18-21-15-13-20(2)14-16-21/h8-9,12-17,23,25H,4-7,10-11,18-19H2,1-3H3,(H,28,31)/t25-/m1/s1. The van der Waals surface area contributed by atoms with Crippen LogP contribution in [0.3, 0.4) is 0 Å². The van der Waals surface area contributed by atoms with Crippen LogP contribution in [0.15, 0.2) is 48.5 Å². The topological polar surface area (TPSA) is 58.6 Å². The van der Waals surface area contributed by atoms with Gasteiger partial charge in [0.05, 0.1) is 13.5 Å². The number of benzene rings is 2. The van der Waals surface area contributed by atoms with Gasteiger partial charge in [-0.2, -0.15) is 0 Å². The Kier molecular flexibility index (Phi) is 8.72. The minimum Gasteiger partial charge on any atom is -0.497 e. The van der Waals surface area contributed by atoms with Crippen LogP contribution in [0.2, 0.25) is 0 Å². The van der Waals surface area contributed by atoms with Crippen molar-refractivity contribution in [2.75, 3.05) is 7.11 Å². The third-order valence-electron chi connectivity index (χ3n) is 6.30. The molecule has 3 rings (SSSR count). The maximum Gasteiger partial charge on any atom is 0.243 e. The highest BCUT2D eigenvalue weighted by atomic mass is 16.5. The van der Waals surface area contributed by atoms with E-state index in [1.165, 1.54) is 6.42 Å². The van der Waals surface area contributed by atoms with E-state index < -0.39 is 6.04 Å². The van der Waals surface area contributed by atoms with E-state index >= 15 is 0 Å². The first-order chi connectivity index (χ1) is 15.5. The quantitative estimate of drug-likeness (QED) is 0.614. The van der Waals surface area contributed by atoms with Gasteiger partial charge in [-0.1, -0.05) is 68.1 Å². The Bertz CT molecular complexity index is 888. The minimum atomic E-state index is -0.499. The molecule has 5 heteroatoms. The highest BCUT2D eigenvalue weighted by molar-refractivity contribution is 5.88. The fourth-order valence-electron chi connectivity index (χ4n) is 4.41. The summed E-state index contributed by atoms with van der Waals surface area (Å²) in [6, 6.07) is 15.4. The molecular weight excluding hydrogens is 400 g/mol. The zero-order valence-electron chi connectivity index (χ0n) is 19.6. The van der Waals surface area contributed by atoms with Crippen LogP contribution in [0.1, 0.15) is 62.1 Å². The summed E-state index contributed by atoms with van der Waals surface area (Å²) in [5.74, 6) is 0.662. The number of methoxy groups -OCH3 is 1. The Hall–Kier alpha value is -2.82. The summed E-state index contributed by atoms with van der Waals surface area (Å²) in [6.07, 6.45) is 6.44. The normalized spacial score (nSPS) is 15.1. The van der Waals surface area contributed by atoms with E-state index in [4.69, 9.17) is 4.74 Å². The van der Waals surface area contributed by atoms with E-state index in [2.05, 4.69) is 5.32 Å². The van der Waals surface area contributed by atoms with Gasteiger partial charge in [0.2, 0.25) is 11.8 Å². The average molecular weight is 437 g/mol. The molecular formula is C27H36N2O3. The lowest BCUT2D eigenvalue weighted by molar-refractivity contribution is -0.141. The fourth-order valence-corrected chi connectivity index (χ4v) is 4.41. The Morgan fingerprint density at radius 1 is 1.06 bits per heavy atom. The number of hydrogen-bond acceptors (Lipinski definition) is 3. The maximum atomic E-state index is 13.5. The third kappa shape index (κ3) is 6.59. The van der Waals surface area contributed by atoms with Gasteiger partial charge in [0.25, 0.3) is 0 Å². The predicted molar refractivity (Wildman–Crippen MR) is 128 cm³/mol. The van der Waals surface area contributed by atoms with Crippen molar-refractivity contribution in [3.63, 3.8) is 0 Å². The van der Waals surface area contributed by atoms with Crippen molar-refractivity contribution < 1.29 is 14.3 Å². The van der Waals surface area contributed by atoms with Crippen LogP contribution in [0.25, 0.3) is 0 Å². The van der Waals surface area contributed by atoms with Gasteiger partial charge in [-0.25, -0.2) is 0 Å². The first-order valence-corrected chi connectivity index (χ1v) is 11.8. The lowest BCUT2D eigenvalue weighted by atomic mass is 9.95. The summed E-state index contributed by atoms with van der Waals surface area (Å²) < 4.78 is 5.36. The molecule has 1 saturated carbocycles. The van der Waals surface area contributed by atoms with Crippen molar-refractivity contribution >= 4 is 11.8 Å². The number of amides is 2. The van der Waals surface area contributed by atoms with Crippen LogP contribution in [0.4, 0.5) is 0 Å². The molecule has 0 aromatic heterocycles. The molecule has 2 amide bonds. The zero-order valence-corrected chi connectivity index (χ0v) is 19.6. The summed E-state index contributed by atoms with van der Waals surface area (Å²) in [5.41, 5.74) is 3.07. The Morgan fingerprint density at radius 3 is 2.44 bits per heavy atom. The molecule has 172 valence electrons. The first-order valence-electron chi connectivity index (χ1n) is 11.8. The van der Waals surface area contributed by atoms with E-state index in [0.717, 1.165) is 48.1 Å². The largest absolute Gasteiger partial charge is 0.497 e. The summed E-state index contributed by atoms with van der Waals surface area (Å²) in [5, 5.41) is 3.23. The van der Waals surface area contributed by atoms with Crippen molar-refractivity contribution in [3.05, 3.63) is 65.2 Å². The highest BCUT2D eigenvalue weighted by Crippen LogP contribution is 2.21. The van der Waals surface area contributed by atoms with Gasteiger partial charge in [0.1, 0.15) is 11.8 Å². The second kappa shape index (κ2) is 11.7. The lowest BCUT2D eigenvalue weighted by Gasteiger charge is -2.33. The van der Waals surface area contributed by atoms with E-state index in [1.54, 1.807) is 12.0 Å². The van der Waals surface area contributed by atoms with Crippen molar-refractivity contribution in [1.29, 1.82) is 0 Å². The van der Waals surface area contributed by atoms with Crippen LogP contribution >= 0.6 is 0 Å². The second-order valence-electron chi connectivity index (χ2n) is 8.80. The van der Waals surface area contributed by atoms with Crippen LogP contribution in [0, 0.1) is 6.92 Å². The molecule has 0 heterocycles. The minimum absolute atomic E-state index is 0.0395. The summed E-state index contributed by atoms with van der Waals surface area (Å²) >= 11 is 0. The van der Waals surface area contributed by atoms with Gasteiger partial charge in [0, 0.05) is 12.6 Å². The molecule has 0 saturated heterocycles.